The second kappa shape index (κ2) is 7.62. The molecular weight excluding hydrogens is 433 g/mol. The molecule has 0 aromatic heterocycles. The quantitative estimate of drug-likeness (QED) is 0.287. The highest BCUT2D eigenvalue weighted by atomic mass is 127. The number of rotatable bonds is 5. The van der Waals surface area contributed by atoms with Gasteiger partial charge in [-0.15, -0.1) is 0 Å². The lowest BCUT2D eigenvalue weighted by molar-refractivity contribution is 0.112. The summed E-state index contributed by atoms with van der Waals surface area (Å²) in [7, 11) is 4.10. The van der Waals surface area contributed by atoms with Gasteiger partial charge in [0.05, 0.1) is 0 Å². The van der Waals surface area contributed by atoms with E-state index in [1.54, 1.807) is 0 Å². The summed E-state index contributed by atoms with van der Waals surface area (Å²) in [6.45, 7) is 2.26. The van der Waals surface area contributed by atoms with E-state index in [1.807, 2.05) is 26.2 Å². The van der Waals surface area contributed by atoms with Crippen LogP contribution < -0.4 is 4.90 Å². The molecule has 3 rings (SSSR count). The minimum absolute atomic E-state index is 0.302. The fourth-order valence-electron chi connectivity index (χ4n) is 3.33. The summed E-state index contributed by atoms with van der Waals surface area (Å²) in [4.78, 5) is 13.2. The van der Waals surface area contributed by atoms with E-state index in [9.17, 15) is 4.79 Å². The highest BCUT2D eigenvalue weighted by molar-refractivity contribution is 14.1. The zero-order valence-electron chi connectivity index (χ0n) is 15.2. The summed E-state index contributed by atoms with van der Waals surface area (Å²) in [5.74, 6) is 0. The van der Waals surface area contributed by atoms with Crippen molar-refractivity contribution in [3.63, 3.8) is 0 Å². The Balaban J connectivity index is 2.21. The SMILES string of the molecule is CN(C)c1ccc(C(C)(c2ccc(C=O)cc2)c2ccccc2I)cc1. The van der Waals surface area contributed by atoms with Gasteiger partial charge in [-0.25, -0.2) is 0 Å². The van der Waals surface area contributed by atoms with Crippen molar-refractivity contribution in [3.05, 3.63) is 98.6 Å². The summed E-state index contributed by atoms with van der Waals surface area (Å²) in [6.07, 6.45) is 0.888. The molecule has 3 aromatic carbocycles. The van der Waals surface area contributed by atoms with Crippen molar-refractivity contribution < 1.29 is 4.79 Å². The van der Waals surface area contributed by atoms with Crippen LogP contribution in [-0.2, 0) is 5.41 Å². The third-order valence-corrected chi connectivity index (χ3v) is 5.94. The molecule has 0 heterocycles. The second-order valence-corrected chi connectivity index (χ2v) is 7.95. The van der Waals surface area contributed by atoms with Crippen molar-refractivity contribution in [1.29, 1.82) is 0 Å². The molecule has 0 saturated carbocycles. The Hall–Kier alpha value is -2.14. The molecule has 0 aliphatic carbocycles. The zero-order chi connectivity index (χ0) is 18.7. The molecule has 26 heavy (non-hydrogen) atoms. The molecule has 3 heteroatoms. The van der Waals surface area contributed by atoms with Crippen molar-refractivity contribution >= 4 is 34.6 Å². The summed E-state index contributed by atoms with van der Waals surface area (Å²) in [5, 5.41) is 0. The zero-order valence-corrected chi connectivity index (χ0v) is 17.4. The molecule has 132 valence electrons. The smallest absolute Gasteiger partial charge is 0.150 e. The van der Waals surface area contributed by atoms with Crippen molar-refractivity contribution in [2.45, 2.75) is 12.3 Å². The molecular formula is C23H22INO. The van der Waals surface area contributed by atoms with Gasteiger partial charge < -0.3 is 4.90 Å². The van der Waals surface area contributed by atoms with E-state index in [0.29, 0.717) is 5.56 Å². The summed E-state index contributed by atoms with van der Waals surface area (Å²) < 4.78 is 1.23. The molecule has 0 N–H and O–H groups in total. The van der Waals surface area contributed by atoms with E-state index in [2.05, 4.69) is 95.1 Å². The van der Waals surface area contributed by atoms with Crippen LogP contribution in [0.4, 0.5) is 5.69 Å². The van der Waals surface area contributed by atoms with Crippen molar-refractivity contribution in [3.8, 4) is 0 Å². The number of halogens is 1. The summed E-state index contributed by atoms with van der Waals surface area (Å²) >= 11 is 2.41. The van der Waals surface area contributed by atoms with Crippen LogP contribution in [0.5, 0.6) is 0 Å². The van der Waals surface area contributed by atoms with Gasteiger partial charge in [-0.2, -0.15) is 0 Å². The predicted molar refractivity (Wildman–Crippen MR) is 117 cm³/mol. The van der Waals surface area contributed by atoms with Gasteiger partial charge in [-0.05, 0) is 64.4 Å². The van der Waals surface area contributed by atoms with Gasteiger partial charge in [0.1, 0.15) is 6.29 Å². The van der Waals surface area contributed by atoms with Crippen molar-refractivity contribution in [2.75, 3.05) is 19.0 Å². The normalized spacial score (nSPS) is 13.1. The lowest BCUT2D eigenvalue weighted by atomic mass is 9.71. The van der Waals surface area contributed by atoms with E-state index < -0.39 is 0 Å². The number of hydrogen-bond donors (Lipinski definition) is 0. The van der Waals surface area contributed by atoms with Gasteiger partial charge in [0, 0.05) is 34.3 Å². The standard InChI is InChI=1S/C23H22INO/c1-23(21-6-4-5-7-22(21)24,18-10-8-17(16-26)9-11-18)19-12-14-20(15-13-19)25(2)3/h4-16H,1-3H3. The minimum Gasteiger partial charge on any atom is -0.378 e. The largest absolute Gasteiger partial charge is 0.378 e. The first-order chi connectivity index (χ1) is 12.5. The van der Waals surface area contributed by atoms with Crippen LogP contribution in [0.2, 0.25) is 0 Å². The molecule has 2 nitrogen and oxygen atoms in total. The molecule has 0 radical (unpaired) electrons. The Bertz CT molecular complexity index is 900. The van der Waals surface area contributed by atoms with E-state index in [0.717, 1.165) is 6.29 Å². The number of hydrogen-bond acceptors (Lipinski definition) is 2. The van der Waals surface area contributed by atoms with E-state index in [1.165, 1.54) is 25.9 Å². The lowest BCUT2D eigenvalue weighted by Crippen LogP contribution is -2.26. The number of carbonyl (C=O) groups is 1. The maximum atomic E-state index is 11.1. The molecule has 0 bridgehead atoms. The molecule has 0 fully saturated rings. The monoisotopic (exact) mass is 455 g/mol. The van der Waals surface area contributed by atoms with Crippen molar-refractivity contribution in [2.24, 2.45) is 0 Å². The van der Waals surface area contributed by atoms with E-state index in [4.69, 9.17) is 0 Å². The minimum atomic E-state index is -0.302. The van der Waals surface area contributed by atoms with Gasteiger partial charge in [-0.1, -0.05) is 54.6 Å². The average Bonchev–Trinajstić information content (AvgIpc) is 2.68. The highest BCUT2D eigenvalue weighted by Crippen LogP contribution is 2.41. The summed E-state index contributed by atoms with van der Waals surface area (Å²) in [5.41, 5.74) is 5.23. The van der Waals surface area contributed by atoms with Gasteiger partial charge in [0.25, 0.3) is 0 Å². The van der Waals surface area contributed by atoms with Crippen molar-refractivity contribution in [1.82, 2.24) is 0 Å². The van der Waals surface area contributed by atoms with Gasteiger partial charge in [0.15, 0.2) is 0 Å². The Morgan fingerprint density at radius 2 is 1.38 bits per heavy atom. The fourth-order valence-corrected chi connectivity index (χ4v) is 4.26. The Kier molecular flexibility index (Phi) is 5.47. The third-order valence-electron chi connectivity index (χ3n) is 5.00. The molecule has 1 atom stereocenters. The first kappa shape index (κ1) is 18.6. The molecule has 0 aliphatic rings. The topological polar surface area (TPSA) is 20.3 Å². The maximum Gasteiger partial charge on any atom is 0.150 e. The predicted octanol–water partition coefficient (Wildman–Crippen LogP) is 5.52. The fraction of sp³-hybridized carbons (Fsp3) is 0.174. The number of nitrogens with zero attached hydrogens (tertiary/aromatic N) is 1. The van der Waals surface area contributed by atoms with E-state index in [-0.39, 0.29) is 5.41 Å². The lowest BCUT2D eigenvalue weighted by Gasteiger charge is -2.33. The first-order valence-electron chi connectivity index (χ1n) is 8.55. The first-order valence-corrected chi connectivity index (χ1v) is 9.63. The number of benzene rings is 3. The molecule has 1 unspecified atom stereocenters. The second-order valence-electron chi connectivity index (χ2n) is 6.79. The molecule has 0 aliphatic heterocycles. The number of anilines is 1. The number of carbonyl (C=O) groups excluding carboxylic acids is 1. The molecule has 0 amide bonds. The Morgan fingerprint density at radius 3 is 1.88 bits per heavy atom. The van der Waals surface area contributed by atoms with Crippen LogP contribution in [0.1, 0.15) is 34.0 Å². The van der Waals surface area contributed by atoms with Gasteiger partial charge in [0.2, 0.25) is 0 Å². The van der Waals surface area contributed by atoms with Crippen LogP contribution in [0.3, 0.4) is 0 Å². The van der Waals surface area contributed by atoms with Gasteiger partial charge in [-0.3, -0.25) is 4.79 Å². The average molecular weight is 455 g/mol. The van der Waals surface area contributed by atoms with Crippen LogP contribution in [-0.4, -0.2) is 20.4 Å². The van der Waals surface area contributed by atoms with E-state index >= 15 is 0 Å². The van der Waals surface area contributed by atoms with Crippen LogP contribution in [0.15, 0.2) is 72.8 Å². The van der Waals surface area contributed by atoms with Crippen LogP contribution in [0.25, 0.3) is 0 Å². The highest BCUT2D eigenvalue weighted by Gasteiger charge is 2.32. The number of aldehydes is 1. The van der Waals surface area contributed by atoms with Crippen LogP contribution >= 0.6 is 22.6 Å². The molecule has 0 saturated heterocycles. The molecule has 0 spiro atoms. The van der Waals surface area contributed by atoms with Gasteiger partial charge >= 0.3 is 0 Å². The molecule has 3 aromatic rings. The summed E-state index contributed by atoms with van der Waals surface area (Å²) in [6, 6.07) is 25.1. The van der Waals surface area contributed by atoms with Crippen LogP contribution in [0, 0.1) is 3.57 Å². The Labute approximate surface area is 169 Å². The Morgan fingerprint density at radius 1 is 0.846 bits per heavy atom. The third kappa shape index (κ3) is 3.40. The maximum absolute atomic E-state index is 11.1.